The zero-order chi connectivity index (χ0) is 12.7. The van der Waals surface area contributed by atoms with E-state index in [0.29, 0.717) is 16.0 Å². The molecule has 0 unspecified atom stereocenters. The Labute approximate surface area is 118 Å². The molecule has 0 aliphatic rings. The van der Waals surface area contributed by atoms with Gasteiger partial charge in [-0.3, -0.25) is 0 Å². The Morgan fingerprint density at radius 1 is 1.11 bits per heavy atom. The summed E-state index contributed by atoms with van der Waals surface area (Å²) < 4.78 is 0. The molecular weight excluding hydrogens is 287 g/mol. The van der Waals surface area contributed by atoms with Crippen molar-refractivity contribution in [3.8, 4) is 10.7 Å². The van der Waals surface area contributed by atoms with E-state index in [-0.39, 0.29) is 0 Å². The third-order valence-corrected chi connectivity index (χ3v) is 4.31. The Morgan fingerprint density at radius 3 is 2.67 bits per heavy atom. The van der Waals surface area contributed by atoms with E-state index in [1.807, 2.05) is 36.6 Å². The molecule has 0 aliphatic heterocycles. The lowest BCUT2D eigenvalue weighted by Crippen LogP contribution is -1.92. The van der Waals surface area contributed by atoms with Crippen LogP contribution in [0.5, 0.6) is 0 Å². The number of hydrogen-bond donors (Lipinski definition) is 0. The van der Waals surface area contributed by atoms with Gasteiger partial charge in [0, 0.05) is 10.4 Å². The van der Waals surface area contributed by atoms with Crippen molar-refractivity contribution < 1.29 is 0 Å². The van der Waals surface area contributed by atoms with Crippen LogP contribution in [0.25, 0.3) is 21.6 Å². The Balaban J connectivity index is 2.35. The summed E-state index contributed by atoms with van der Waals surface area (Å²) in [5.41, 5.74) is 1.74. The Kier molecular flexibility index (Phi) is 2.98. The van der Waals surface area contributed by atoms with E-state index >= 15 is 0 Å². The van der Waals surface area contributed by atoms with Crippen LogP contribution in [0.3, 0.4) is 0 Å². The molecule has 90 valence electrons. The predicted octanol–water partition coefficient (Wildman–Crippen LogP) is 4.97. The smallest absolute Gasteiger partial charge is 0.171 e. The molecule has 3 rings (SSSR count). The average molecular weight is 295 g/mol. The second-order valence-corrected chi connectivity index (χ2v) is 5.60. The summed E-state index contributed by atoms with van der Waals surface area (Å²) in [6, 6.07) is 7.61. The van der Waals surface area contributed by atoms with Crippen LogP contribution in [-0.4, -0.2) is 9.97 Å². The van der Waals surface area contributed by atoms with Gasteiger partial charge in [0.15, 0.2) is 5.82 Å². The van der Waals surface area contributed by atoms with E-state index in [1.165, 1.54) is 0 Å². The number of rotatable bonds is 1. The van der Waals surface area contributed by atoms with Crippen molar-refractivity contribution in [3.63, 3.8) is 0 Å². The summed E-state index contributed by atoms with van der Waals surface area (Å²) in [5.74, 6) is 0.646. The molecule has 2 aromatic heterocycles. The van der Waals surface area contributed by atoms with Gasteiger partial charge in [0.1, 0.15) is 5.15 Å². The van der Waals surface area contributed by atoms with Crippen LogP contribution < -0.4 is 0 Å². The number of aryl methyl sites for hydroxylation is 1. The lowest BCUT2D eigenvalue weighted by atomic mass is 10.1. The van der Waals surface area contributed by atoms with Crippen molar-refractivity contribution in [2.24, 2.45) is 0 Å². The average Bonchev–Trinajstić information content (AvgIpc) is 2.88. The Hall–Kier alpha value is -1.16. The molecule has 0 spiro atoms. The molecule has 1 aromatic carbocycles. The Morgan fingerprint density at radius 2 is 1.94 bits per heavy atom. The quantitative estimate of drug-likeness (QED) is 0.592. The molecule has 5 heteroatoms. The van der Waals surface area contributed by atoms with E-state index in [9.17, 15) is 0 Å². The standard InChI is InChI=1S/C13H8Cl2N2S/c1-7-9(14)5-4-8-11(7)16-13(17-12(8)15)10-3-2-6-18-10/h2-6H,1H3. The number of benzene rings is 1. The molecule has 0 fully saturated rings. The van der Waals surface area contributed by atoms with Gasteiger partial charge in [0.25, 0.3) is 0 Å². The fraction of sp³-hybridized carbons (Fsp3) is 0.0769. The minimum absolute atomic E-state index is 0.461. The first-order valence-corrected chi connectivity index (χ1v) is 6.96. The van der Waals surface area contributed by atoms with Gasteiger partial charge in [-0.25, -0.2) is 9.97 Å². The highest BCUT2D eigenvalue weighted by Crippen LogP contribution is 2.31. The second kappa shape index (κ2) is 4.50. The summed E-state index contributed by atoms with van der Waals surface area (Å²) in [4.78, 5) is 9.90. The maximum Gasteiger partial charge on any atom is 0.171 e. The first-order chi connectivity index (χ1) is 8.66. The highest BCUT2D eigenvalue weighted by atomic mass is 35.5. The van der Waals surface area contributed by atoms with Crippen molar-refractivity contribution in [1.82, 2.24) is 9.97 Å². The highest BCUT2D eigenvalue weighted by molar-refractivity contribution is 7.13. The number of thiophene rings is 1. The Bertz CT molecular complexity index is 723. The molecule has 2 nitrogen and oxygen atoms in total. The monoisotopic (exact) mass is 294 g/mol. The second-order valence-electron chi connectivity index (χ2n) is 3.88. The summed E-state index contributed by atoms with van der Waals surface area (Å²) in [6.45, 7) is 1.94. The van der Waals surface area contributed by atoms with E-state index < -0.39 is 0 Å². The molecule has 0 saturated heterocycles. The molecule has 0 aliphatic carbocycles. The molecular formula is C13H8Cl2N2S. The number of nitrogens with zero attached hydrogens (tertiary/aromatic N) is 2. The van der Waals surface area contributed by atoms with Gasteiger partial charge >= 0.3 is 0 Å². The van der Waals surface area contributed by atoms with Gasteiger partial charge in [0.2, 0.25) is 0 Å². The van der Waals surface area contributed by atoms with Gasteiger partial charge in [-0.05, 0) is 36.1 Å². The molecule has 0 saturated carbocycles. The molecule has 3 aromatic rings. The highest BCUT2D eigenvalue weighted by Gasteiger charge is 2.11. The fourth-order valence-electron chi connectivity index (χ4n) is 1.79. The molecule has 0 N–H and O–H groups in total. The maximum absolute atomic E-state index is 6.21. The largest absolute Gasteiger partial charge is 0.227 e. The first-order valence-electron chi connectivity index (χ1n) is 5.33. The minimum atomic E-state index is 0.461. The van der Waals surface area contributed by atoms with Crippen molar-refractivity contribution >= 4 is 45.4 Å². The van der Waals surface area contributed by atoms with Crippen molar-refractivity contribution in [3.05, 3.63) is 45.4 Å². The maximum atomic E-state index is 6.21. The van der Waals surface area contributed by atoms with Crippen molar-refractivity contribution in [2.75, 3.05) is 0 Å². The topological polar surface area (TPSA) is 25.8 Å². The van der Waals surface area contributed by atoms with Gasteiger partial charge in [0.05, 0.1) is 10.4 Å². The van der Waals surface area contributed by atoms with Crippen LogP contribution in [-0.2, 0) is 0 Å². The van der Waals surface area contributed by atoms with Crippen LogP contribution in [0.4, 0.5) is 0 Å². The van der Waals surface area contributed by atoms with E-state index in [2.05, 4.69) is 9.97 Å². The number of hydrogen-bond acceptors (Lipinski definition) is 3. The SMILES string of the molecule is Cc1c(Cl)ccc2c(Cl)nc(-c3cccs3)nc12. The van der Waals surface area contributed by atoms with Gasteiger partial charge in [-0.1, -0.05) is 29.3 Å². The molecule has 0 atom stereocenters. The number of halogens is 2. The molecule has 2 heterocycles. The van der Waals surface area contributed by atoms with Crippen molar-refractivity contribution in [2.45, 2.75) is 6.92 Å². The van der Waals surface area contributed by atoms with E-state index in [4.69, 9.17) is 23.2 Å². The van der Waals surface area contributed by atoms with Crippen LogP contribution >= 0.6 is 34.5 Å². The fourth-order valence-corrected chi connectivity index (χ4v) is 2.83. The lowest BCUT2D eigenvalue weighted by Gasteiger charge is -2.06. The van der Waals surface area contributed by atoms with E-state index in [1.54, 1.807) is 11.3 Å². The number of fused-ring (bicyclic) bond motifs is 1. The van der Waals surface area contributed by atoms with Gasteiger partial charge in [-0.2, -0.15) is 0 Å². The predicted molar refractivity (Wildman–Crippen MR) is 77.6 cm³/mol. The lowest BCUT2D eigenvalue weighted by molar-refractivity contribution is 1.23. The van der Waals surface area contributed by atoms with Crippen LogP contribution in [0, 0.1) is 6.92 Å². The van der Waals surface area contributed by atoms with Gasteiger partial charge < -0.3 is 0 Å². The molecule has 0 amide bonds. The number of aromatic nitrogens is 2. The van der Waals surface area contributed by atoms with Gasteiger partial charge in [-0.15, -0.1) is 11.3 Å². The van der Waals surface area contributed by atoms with Crippen LogP contribution in [0.1, 0.15) is 5.56 Å². The van der Waals surface area contributed by atoms with Crippen LogP contribution in [0.2, 0.25) is 10.2 Å². The minimum Gasteiger partial charge on any atom is -0.227 e. The third-order valence-electron chi connectivity index (χ3n) is 2.75. The zero-order valence-corrected chi connectivity index (χ0v) is 11.8. The normalized spacial score (nSPS) is 11.1. The molecule has 18 heavy (non-hydrogen) atoms. The summed E-state index contributed by atoms with van der Waals surface area (Å²) in [6.07, 6.45) is 0. The van der Waals surface area contributed by atoms with Crippen molar-refractivity contribution in [1.29, 1.82) is 0 Å². The molecule has 0 bridgehead atoms. The first kappa shape index (κ1) is 11.9. The third kappa shape index (κ3) is 1.88. The summed E-state index contributed by atoms with van der Waals surface area (Å²) in [7, 11) is 0. The zero-order valence-electron chi connectivity index (χ0n) is 9.45. The van der Waals surface area contributed by atoms with E-state index in [0.717, 1.165) is 21.3 Å². The summed E-state index contributed by atoms with van der Waals surface area (Å²) >= 11 is 13.9. The van der Waals surface area contributed by atoms with Crippen LogP contribution in [0.15, 0.2) is 29.6 Å². The summed E-state index contributed by atoms with van der Waals surface area (Å²) in [5, 5.41) is 3.97. The molecule has 0 radical (unpaired) electrons.